The van der Waals surface area contributed by atoms with E-state index in [1.165, 1.54) is 12.1 Å². The smallest absolute Gasteiger partial charge is 0.236 e. The van der Waals surface area contributed by atoms with Crippen molar-refractivity contribution in [1.29, 1.82) is 0 Å². The number of nitrogens with two attached hydrogens (primary N) is 1. The largest absolute Gasteiger partial charge is 0.353 e. The Morgan fingerprint density at radius 1 is 1.43 bits per heavy atom. The molecule has 4 nitrogen and oxygen atoms in total. The highest BCUT2D eigenvalue weighted by atomic mass is 35.5. The van der Waals surface area contributed by atoms with Crippen molar-refractivity contribution < 1.29 is 9.18 Å². The standard InChI is InChI=1S/C15H24FN3O.ClH/c1-4-6-13(17)15(20)18-10-14(19(2)3)11-7-5-8-12(16)9-11;/h5,7-9,13-14H,4,6,10,17H2,1-3H3,(H,18,20);1H. The normalized spacial score (nSPS) is 13.4. The monoisotopic (exact) mass is 317 g/mol. The molecule has 0 aliphatic rings. The molecule has 0 bridgehead atoms. The second-order valence-electron chi connectivity index (χ2n) is 5.17. The van der Waals surface area contributed by atoms with E-state index in [4.69, 9.17) is 5.73 Å². The van der Waals surface area contributed by atoms with Gasteiger partial charge in [0.2, 0.25) is 5.91 Å². The molecule has 0 saturated carbocycles. The molecule has 0 fully saturated rings. The summed E-state index contributed by atoms with van der Waals surface area (Å²) in [5.74, 6) is -0.432. The Morgan fingerprint density at radius 2 is 2.10 bits per heavy atom. The van der Waals surface area contributed by atoms with Crippen molar-refractivity contribution in [3.8, 4) is 0 Å². The first-order chi connectivity index (χ1) is 9.45. The maximum Gasteiger partial charge on any atom is 0.236 e. The lowest BCUT2D eigenvalue weighted by atomic mass is 10.1. The van der Waals surface area contributed by atoms with Crippen LogP contribution in [0.2, 0.25) is 0 Å². The molecule has 2 unspecified atom stereocenters. The number of likely N-dealkylation sites (N-methyl/N-ethyl adjacent to an activating group) is 1. The van der Waals surface area contributed by atoms with Gasteiger partial charge in [-0.3, -0.25) is 4.79 Å². The number of rotatable bonds is 7. The third-order valence-electron chi connectivity index (χ3n) is 3.26. The van der Waals surface area contributed by atoms with Crippen molar-refractivity contribution >= 4 is 18.3 Å². The van der Waals surface area contributed by atoms with E-state index in [9.17, 15) is 9.18 Å². The van der Waals surface area contributed by atoms with Crippen LogP contribution in [0, 0.1) is 5.82 Å². The van der Waals surface area contributed by atoms with E-state index in [1.54, 1.807) is 6.07 Å². The summed E-state index contributed by atoms with van der Waals surface area (Å²) in [5.41, 5.74) is 6.60. The second kappa shape index (κ2) is 9.71. The Kier molecular flexibility index (Phi) is 9.17. The van der Waals surface area contributed by atoms with Gasteiger partial charge in [-0.15, -0.1) is 12.4 Å². The fraction of sp³-hybridized carbons (Fsp3) is 0.533. The number of nitrogens with one attached hydrogen (secondary N) is 1. The number of halogens is 2. The summed E-state index contributed by atoms with van der Waals surface area (Å²) >= 11 is 0. The maximum absolute atomic E-state index is 13.3. The number of nitrogens with zero attached hydrogens (tertiary/aromatic N) is 1. The van der Waals surface area contributed by atoms with Gasteiger partial charge in [0.15, 0.2) is 0 Å². The molecule has 1 amide bonds. The van der Waals surface area contributed by atoms with E-state index in [0.717, 1.165) is 12.0 Å². The summed E-state index contributed by atoms with van der Waals surface area (Å²) in [7, 11) is 3.79. The van der Waals surface area contributed by atoms with Crippen LogP contribution < -0.4 is 11.1 Å². The molecule has 1 aromatic carbocycles. The zero-order valence-electron chi connectivity index (χ0n) is 12.8. The predicted molar refractivity (Wildman–Crippen MR) is 86.0 cm³/mol. The first kappa shape index (κ1) is 19.8. The minimum Gasteiger partial charge on any atom is -0.353 e. The van der Waals surface area contributed by atoms with Crippen molar-refractivity contribution in [2.75, 3.05) is 20.6 Å². The van der Waals surface area contributed by atoms with Crippen LogP contribution in [-0.4, -0.2) is 37.5 Å². The summed E-state index contributed by atoms with van der Waals surface area (Å²) in [4.78, 5) is 13.8. The SMILES string of the molecule is CCCC(N)C(=O)NCC(c1cccc(F)c1)N(C)C.Cl. The van der Waals surface area contributed by atoms with Gasteiger partial charge in [-0.1, -0.05) is 25.5 Å². The van der Waals surface area contributed by atoms with Gasteiger partial charge in [0, 0.05) is 6.54 Å². The molecule has 0 heterocycles. The molecule has 1 aromatic rings. The van der Waals surface area contributed by atoms with Gasteiger partial charge in [-0.05, 0) is 38.2 Å². The third kappa shape index (κ3) is 6.42. The number of carbonyl (C=O) groups is 1. The molecule has 1 rings (SSSR count). The van der Waals surface area contributed by atoms with Crippen LogP contribution in [0.5, 0.6) is 0 Å². The Balaban J connectivity index is 0.00000400. The number of hydrogen-bond donors (Lipinski definition) is 2. The molecule has 0 aromatic heterocycles. The van der Waals surface area contributed by atoms with Gasteiger partial charge < -0.3 is 16.0 Å². The summed E-state index contributed by atoms with van der Waals surface area (Å²) in [6.45, 7) is 2.40. The van der Waals surface area contributed by atoms with Gasteiger partial charge in [-0.25, -0.2) is 4.39 Å². The van der Waals surface area contributed by atoms with Crippen molar-refractivity contribution in [3.63, 3.8) is 0 Å². The topological polar surface area (TPSA) is 58.4 Å². The summed E-state index contributed by atoms with van der Waals surface area (Å²) < 4.78 is 13.3. The van der Waals surface area contributed by atoms with Crippen LogP contribution in [0.1, 0.15) is 31.4 Å². The molecule has 0 spiro atoms. The lowest BCUT2D eigenvalue weighted by molar-refractivity contribution is -0.122. The zero-order valence-corrected chi connectivity index (χ0v) is 13.6. The minimum absolute atomic E-state index is 0. The van der Waals surface area contributed by atoms with Gasteiger partial charge in [0.1, 0.15) is 5.82 Å². The van der Waals surface area contributed by atoms with E-state index in [-0.39, 0.29) is 30.2 Å². The summed E-state index contributed by atoms with van der Waals surface area (Å²) in [6, 6.07) is 5.87. The Hall–Kier alpha value is -1.17. The molecule has 0 aliphatic heterocycles. The lowest BCUT2D eigenvalue weighted by Crippen LogP contribution is -2.43. The first-order valence-electron chi connectivity index (χ1n) is 6.90. The average molecular weight is 318 g/mol. The van der Waals surface area contributed by atoms with Crippen LogP contribution in [-0.2, 0) is 4.79 Å². The molecular weight excluding hydrogens is 293 g/mol. The minimum atomic E-state index is -0.477. The van der Waals surface area contributed by atoms with E-state index in [1.807, 2.05) is 32.0 Å². The fourth-order valence-corrected chi connectivity index (χ4v) is 2.08. The average Bonchev–Trinajstić information content (AvgIpc) is 2.38. The first-order valence-corrected chi connectivity index (χ1v) is 6.90. The second-order valence-corrected chi connectivity index (χ2v) is 5.17. The number of carbonyl (C=O) groups excluding carboxylic acids is 1. The van der Waals surface area contributed by atoms with Gasteiger partial charge in [0.25, 0.3) is 0 Å². The van der Waals surface area contributed by atoms with E-state index in [0.29, 0.717) is 13.0 Å². The van der Waals surface area contributed by atoms with Crippen LogP contribution in [0.4, 0.5) is 4.39 Å². The highest BCUT2D eigenvalue weighted by Crippen LogP contribution is 2.18. The fourth-order valence-electron chi connectivity index (χ4n) is 2.08. The highest BCUT2D eigenvalue weighted by molar-refractivity contribution is 5.85. The Labute approximate surface area is 132 Å². The van der Waals surface area contributed by atoms with Crippen molar-refractivity contribution in [3.05, 3.63) is 35.6 Å². The van der Waals surface area contributed by atoms with Gasteiger partial charge in [0.05, 0.1) is 12.1 Å². The molecule has 0 aliphatic carbocycles. The Morgan fingerprint density at radius 3 is 2.62 bits per heavy atom. The van der Waals surface area contributed by atoms with Crippen molar-refractivity contribution in [1.82, 2.24) is 10.2 Å². The highest BCUT2D eigenvalue weighted by Gasteiger charge is 2.18. The van der Waals surface area contributed by atoms with Crippen molar-refractivity contribution in [2.24, 2.45) is 5.73 Å². The van der Waals surface area contributed by atoms with Crippen molar-refractivity contribution in [2.45, 2.75) is 31.8 Å². The van der Waals surface area contributed by atoms with Crippen LogP contribution >= 0.6 is 12.4 Å². The van der Waals surface area contributed by atoms with Crippen LogP contribution in [0.25, 0.3) is 0 Å². The molecule has 21 heavy (non-hydrogen) atoms. The molecular formula is C15H25ClFN3O. The summed E-state index contributed by atoms with van der Waals surface area (Å²) in [5, 5.41) is 2.84. The Bertz CT molecular complexity index is 443. The van der Waals surface area contributed by atoms with Crippen LogP contribution in [0.15, 0.2) is 24.3 Å². The third-order valence-corrected chi connectivity index (χ3v) is 3.26. The number of hydrogen-bond acceptors (Lipinski definition) is 3. The zero-order chi connectivity index (χ0) is 15.1. The molecule has 6 heteroatoms. The van der Waals surface area contributed by atoms with Gasteiger partial charge in [-0.2, -0.15) is 0 Å². The van der Waals surface area contributed by atoms with E-state index >= 15 is 0 Å². The van der Waals surface area contributed by atoms with Gasteiger partial charge >= 0.3 is 0 Å². The summed E-state index contributed by atoms with van der Waals surface area (Å²) in [6.07, 6.45) is 1.54. The predicted octanol–water partition coefficient (Wildman–Crippen LogP) is 2.09. The number of amides is 1. The quantitative estimate of drug-likeness (QED) is 0.809. The maximum atomic E-state index is 13.3. The lowest BCUT2D eigenvalue weighted by Gasteiger charge is -2.25. The van der Waals surface area contributed by atoms with E-state index < -0.39 is 6.04 Å². The molecule has 2 atom stereocenters. The molecule has 120 valence electrons. The molecule has 3 N–H and O–H groups in total. The number of benzene rings is 1. The van der Waals surface area contributed by atoms with E-state index in [2.05, 4.69) is 5.32 Å². The molecule has 0 saturated heterocycles. The van der Waals surface area contributed by atoms with Crippen LogP contribution in [0.3, 0.4) is 0 Å². The molecule has 0 radical (unpaired) electrons.